The fourth-order valence-electron chi connectivity index (χ4n) is 3.88. The minimum atomic E-state index is -5.08. The van der Waals surface area contributed by atoms with Gasteiger partial charge in [0.25, 0.3) is 0 Å². The number of carboxylic acid groups (broad SMARTS) is 2. The lowest BCUT2D eigenvalue weighted by Crippen LogP contribution is -2.44. The van der Waals surface area contributed by atoms with Crippen LogP contribution in [0.2, 0.25) is 0 Å². The molecule has 216 valence electrons. The Morgan fingerprint density at radius 2 is 1.50 bits per heavy atom. The number of aromatic nitrogens is 1. The first kappa shape index (κ1) is 32.9. The largest absolute Gasteiger partial charge is 0.490 e. The van der Waals surface area contributed by atoms with Crippen molar-refractivity contribution in [1.29, 1.82) is 0 Å². The molecule has 0 bridgehead atoms. The third-order valence-electron chi connectivity index (χ3n) is 5.90. The number of carbonyl (C=O) groups is 3. The molecule has 2 fully saturated rings. The molecule has 2 aliphatic heterocycles. The number of alkyl halides is 6. The Bertz CT molecular complexity index is 911. The number of rotatable bonds is 6. The number of carbonyl (C=O) groups excluding carboxylic acids is 1. The van der Waals surface area contributed by atoms with Crippen LogP contribution < -0.4 is 4.74 Å². The van der Waals surface area contributed by atoms with Crippen LogP contribution in [0.25, 0.3) is 0 Å². The van der Waals surface area contributed by atoms with Gasteiger partial charge in [0.1, 0.15) is 0 Å². The van der Waals surface area contributed by atoms with Crippen LogP contribution in [0.1, 0.15) is 24.8 Å². The van der Waals surface area contributed by atoms with Gasteiger partial charge in [-0.3, -0.25) is 9.69 Å². The molecule has 0 aliphatic carbocycles. The van der Waals surface area contributed by atoms with Gasteiger partial charge in [0.15, 0.2) is 0 Å². The van der Waals surface area contributed by atoms with E-state index in [4.69, 9.17) is 29.3 Å². The van der Waals surface area contributed by atoms with Gasteiger partial charge in [0, 0.05) is 38.5 Å². The molecule has 2 aliphatic rings. The van der Waals surface area contributed by atoms with Gasteiger partial charge < -0.3 is 24.6 Å². The molecule has 1 aromatic heterocycles. The van der Waals surface area contributed by atoms with Crippen LogP contribution in [0.5, 0.6) is 5.88 Å². The van der Waals surface area contributed by atoms with E-state index in [1.54, 1.807) is 20.4 Å². The van der Waals surface area contributed by atoms with Crippen molar-refractivity contribution in [2.75, 3.05) is 47.0 Å². The third-order valence-corrected chi connectivity index (χ3v) is 5.90. The summed E-state index contributed by atoms with van der Waals surface area (Å²) in [4.78, 5) is 39.2. The average Bonchev–Trinajstić information content (AvgIpc) is 3.14. The Morgan fingerprint density at radius 3 is 1.95 bits per heavy atom. The van der Waals surface area contributed by atoms with Gasteiger partial charge in [0.05, 0.1) is 19.1 Å². The summed E-state index contributed by atoms with van der Waals surface area (Å²) in [5, 5.41) is 14.2. The van der Waals surface area contributed by atoms with E-state index in [-0.39, 0.29) is 5.41 Å². The van der Waals surface area contributed by atoms with E-state index in [0.29, 0.717) is 24.9 Å². The van der Waals surface area contributed by atoms with E-state index in [1.165, 1.54) is 0 Å². The zero-order valence-corrected chi connectivity index (χ0v) is 20.6. The molecule has 3 rings (SSSR count). The van der Waals surface area contributed by atoms with Crippen LogP contribution in [-0.4, -0.2) is 102 Å². The molecule has 2 N–H and O–H groups in total. The van der Waals surface area contributed by atoms with Gasteiger partial charge in [-0.15, -0.1) is 0 Å². The van der Waals surface area contributed by atoms with E-state index < -0.39 is 24.3 Å². The first-order valence-corrected chi connectivity index (χ1v) is 11.2. The molecule has 3 heterocycles. The molecule has 16 heteroatoms. The first-order chi connectivity index (χ1) is 17.6. The normalized spacial score (nSPS) is 17.3. The summed E-state index contributed by atoms with van der Waals surface area (Å²) in [5.74, 6) is -4.49. The van der Waals surface area contributed by atoms with Gasteiger partial charge in [-0.05, 0) is 38.4 Å². The van der Waals surface area contributed by atoms with Gasteiger partial charge in [-0.25, -0.2) is 14.6 Å². The Balaban J connectivity index is 0.000000426. The number of pyridine rings is 1. The van der Waals surface area contributed by atoms with Gasteiger partial charge in [-0.1, -0.05) is 6.07 Å². The minimum Gasteiger partial charge on any atom is -0.481 e. The van der Waals surface area contributed by atoms with Crippen LogP contribution in [0.3, 0.4) is 0 Å². The zero-order valence-electron chi connectivity index (χ0n) is 20.6. The summed E-state index contributed by atoms with van der Waals surface area (Å²) in [6.45, 7) is 4.93. The van der Waals surface area contributed by atoms with Crippen molar-refractivity contribution in [3.05, 3.63) is 23.9 Å². The number of likely N-dealkylation sites (tertiary alicyclic amines) is 2. The second-order valence-corrected chi connectivity index (χ2v) is 8.37. The smallest absolute Gasteiger partial charge is 0.481 e. The minimum absolute atomic E-state index is 0.136. The second-order valence-electron chi connectivity index (χ2n) is 8.37. The molecular formula is C22H29F6N3O7. The summed E-state index contributed by atoms with van der Waals surface area (Å²) in [5.41, 5.74) is 0.971. The highest BCUT2D eigenvalue weighted by atomic mass is 19.4. The van der Waals surface area contributed by atoms with Crippen molar-refractivity contribution < 1.29 is 60.4 Å². The van der Waals surface area contributed by atoms with E-state index in [2.05, 4.69) is 16.0 Å². The van der Waals surface area contributed by atoms with Crippen molar-refractivity contribution in [2.45, 2.75) is 38.2 Å². The quantitative estimate of drug-likeness (QED) is 0.504. The molecule has 1 aromatic rings. The fourth-order valence-corrected chi connectivity index (χ4v) is 3.88. The van der Waals surface area contributed by atoms with Crippen molar-refractivity contribution in [3.63, 3.8) is 0 Å². The lowest BCUT2D eigenvalue weighted by atomic mass is 9.77. The maximum atomic E-state index is 12.8. The number of ether oxygens (including phenoxy) is 2. The lowest BCUT2D eigenvalue weighted by molar-refractivity contribution is -0.193. The molecule has 2 saturated heterocycles. The number of hydrogen-bond acceptors (Lipinski definition) is 7. The Hall–Kier alpha value is -3.14. The molecule has 0 radical (unpaired) electrons. The number of piperidine rings is 1. The van der Waals surface area contributed by atoms with Crippen LogP contribution in [0.15, 0.2) is 18.3 Å². The summed E-state index contributed by atoms with van der Waals surface area (Å²) < 4.78 is 73.9. The van der Waals surface area contributed by atoms with Crippen molar-refractivity contribution in [3.8, 4) is 5.88 Å². The predicted molar refractivity (Wildman–Crippen MR) is 118 cm³/mol. The number of amides is 1. The summed E-state index contributed by atoms with van der Waals surface area (Å²) in [6, 6.07) is 4.00. The van der Waals surface area contributed by atoms with Crippen molar-refractivity contribution in [1.82, 2.24) is 14.8 Å². The summed E-state index contributed by atoms with van der Waals surface area (Å²) in [7, 11) is 3.34. The molecule has 1 spiro atoms. The maximum Gasteiger partial charge on any atom is 0.490 e. The number of aliphatic carboxylic acids is 2. The standard InChI is InChI=1S/C18H27N3O3.2C2HF3O2/c1-23-13-12-21-11-7-18(17(21)22)5-9-20(10-6-18)14-15-4-3-8-19-16(15)24-2;2*3-2(4,5)1(6)7/h3-4,8H,5-7,9-14H2,1-2H3;2*(H,6,7). The molecule has 1 amide bonds. The third kappa shape index (κ3) is 9.96. The van der Waals surface area contributed by atoms with E-state index in [1.807, 2.05) is 11.0 Å². The maximum absolute atomic E-state index is 12.8. The molecule has 0 unspecified atom stereocenters. The number of methoxy groups -OCH3 is 2. The monoisotopic (exact) mass is 561 g/mol. The first-order valence-electron chi connectivity index (χ1n) is 11.2. The van der Waals surface area contributed by atoms with Crippen molar-refractivity contribution in [2.24, 2.45) is 5.41 Å². The molecule has 38 heavy (non-hydrogen) atoms. The van der Waals surface area contributed by atoms with Crippen LogP contribution in [0.4, 0.5) is 26.3 Å². The average molecular weight is 561 g/mol. The van der Waals surface area contributed by atoms with E-state index >= 15 is 0 Å². The topological polar surface area (TPSA) is 130 Å². The second kappa shape index (κ2) is 14.1. The van der Waals surface area contributed by atoms with E-state index in [0.717, 1.165) is 51.0 Å². The lowest BCUT2D eigenvalue weighted by Gasteiger charge is -2.38. The highest BCUT2D eigenvalue weighted by molar-refractivity contribution is 5.85. The summed E-state index contributed by atoms with van der Waals surface area (Å²) >= 11 is 0. The molecule has 10 nitrogen and oxygen atoms in total. The SMILES string of the molecule is COCCN1CCC2(CCN(Cc3cccnc3OC)CC2)C1=O.O=C(O)C(F)(F)F.O=C(O)C(F)(F)F. The highest BCUT2D eigenvalue weighted by Gasteiger charge is 2.47. The van der Waals surface area contributed by atoms with E-state index in [9.17, 15) is 31.1 Å². The number of halogens is 6. The Morgan fingerprint density at radius 1 is 1.00 bits per heavy atom. The number of carboxylic acids is 2. The Kier molecular flexibility index (Phi) is 12.2. The van der Waals surface area contributed by atoms with Gasteiger partial charge >= 0.3 is 24.3 Å². The van der Waals surface area contributed by atoms with Crippen LogP contribution in [-0.2, 0) is 25.7 Å². The number of hydrogen-bond donors (Lipinski definition) is 2. The van der Waals surface area contributed by atoms with Gasteiger partial charge in [0.2, 0.25) is 11.8 Å². The molecule has 0 aromatic carbocycles. The highest BCUT2D eigenvalue weighted by Crippen LogP contribution is 2.41. The van der Waals surface area contributed by atoms with Crippen LogP contribution in [0, 0.1) is 5.41 Å². The molecule has 0 atom stereocenters. The Labute approximate surface area is 214 Å². The zero-order chi connectivity index (χ0) is 29.1. The fraction of sp³-hybridized carbons (Fsp3) is 0.636. The van der Waals surface area contributed by atoms with Crippen LogP contribution >= 0.6 is 0 Å². The van der Waals surface area contributed by atoms with Gasteiger partial charge in [-0.2, -0.15) is 26.3 Å². The predicted octanol–water partition coefficient (Wildman–Crippen LogP) is 2.82. The summed E-state index contributed by atoms with van der Waals surface area (Å²) in [6.07, 6.45) is -5.55. The molecule has 0 saturated carbocycles. The molecular weight excluding hydrogens is 532 g/mol. The number of nitrogens with zero attached hydrogens (tertiary/aromatic N) is 3. The van der Waals surface area contributed by atoms with Crippen molar-refractivity contribution >= 4 is 17.8 Å².